The summed E-state index contributed by atoms with van der Waals surface area (Å²) in [6, 6.07) is 7.39. The van der Waals surface area contributed by atoms with Gasteiger partial charge >= 0.3 is 6.18 Å². The van der Waals surface area contributed by atoms with Crippen LogP contribution in [0.15, 0.2) is 57.9 Å². The van der Waals surface area contributed by atoms with Crippen LogP contribution in [0.25, 0.3) is 33.6 Å². The Morgan fingerprint density at radius 3 is 2.47 bits per heavy atom. The monoisotopic (exact) mass is 630 g/mol. The first-order valence-corrected chi connectivity index (χ1v) is 13.0. The molecule has 1 aromatic carbocycles. The predicted octanol–water partition coefficient (Wildman–Crippen LogP) is 5.09. The largest absolute Gasteiger partial charge is 0.480 e. The first-order chi connectivity index (χ1) is 22.5. The van der Waals surface area contributed by atoms with Crippen molar-refractivity contribution in [1.82, 2.24) is 30.7 Å². The summed E-state index contributed by atoms with van der Waals surface area (Å²) in [7, 11) is -1.69. The number of anilines is 1. The number of fused-ring (bicyclic) bond motifs is 1. The fourth-order valence-electron chi connectivity index (χ4n) is 4.41. The summed E-state index contributed by atoms with van der Waals surface area (Å²) < 4.78 is 91.9. The highest BCUT2D eigenvalue weighted by atomic mass is 19.4. The SMILES string of the molecule is [2H]C([2H])([2H])Oc1ncc(-c2cc3c(C(=O)NC)c(-c4ccc(F)cc4)oc3nc2NCC(F)(F)F)cc1C(=O)NC(C)(C)c1ncon1. The highest BCUT2D eigenvalue weighted by molar-refractivity contribution is 6.11. The number of carbonyl (C=O) groups excluding carboxylic acids is 2. The van der Waals surface area contributed by atoms with Gasteiger partial charge in [0.05, 0.1) is 27.6 Å². The van der Waals surface area contributed by atoms with Crippen molar-refractivity contribution in [2.75, 3.05) is 25.9 Å². The number of alkyl halides is 3. The molecule has 0 aliphatic rings. The van der Waals surface area contributed by atoms with Gasteiger partial charge in [-0.25, -0.2) is 9.37 Å². The van der Waals surface area contributed by atoms with Crippen LogP contribution in [0.2, 0.25) is 0 Å². The number of nitrogens with one attached hydrogen (secondary N) is 3. The average Bonchev–Trinajstić information content (AvgIpc) is 3.68. The molecule has 0 radical (unpaired) electrons. The summed E-state index contributed by atoms with van der Waals surface area (Å²) in [5.41, 5.74) is -1.82. The molecule has 0 spiro atoms. The molecule has 0 atom stereocenters. The van der Waals surface area contributed by atoms with Crippen molar-refractivity contribution < 1.29 is 44.9 Å². The lowest BCUT2D eigenvalue weighted by molar-refractivity contribution is -0.115. The van der Waals surface area contributed by atoms with Crippen molar-refractivity contribution in [2.24, 2.45) is 0 Å². The fraction of sp³-hybridized carbons (Fsp3) is 0.241. The Hall–Kier alpha value is -5.54. The number of benzene rings is 1. The van der Waals surface area contributed by atoms with E-state index in [-0.39, 0.29) is 50.8 Å². The fourth-order valence-corrected chi connectivity index (χ4v) is 4.41. The van der Waals surface area contributed by atoms with Gasteiger partial charge in [-0.05, 0) is 50.2 Å². The van der Waals surface area contributed by atoms with Crippen molar-refractivity contribution in [3.8, 4) is 28.3 Å². The molecule has 0 saturated heterocycles. The third-order valence-corrected chi connectivity index (χ3v) is 6.55. The molecular formula is C29H25F4N7O5. The minimum Gasteiger partial charge on any atom is -0.480 e. The summed E-state index contributed by atoms with van der Waals surface area (Å²) in [6.45, 7) is 1.53. The third kappa shape index (κ3) is 6.39. The van der Waals surface area contributed by atoms with Crippen LogP contribution in [0.4, 0.5) is 23.4 Å². The van der Waals surface area contributed by atoms with Gasteiger partial charge in [0, 0.05) is 29.9 Å². The maximum atomic E-state index is 13.7. The molecule has 234 valence electrons. The van der Waals surface area contributed by atoms with Gasteiger partial charge in [-0.15, -0.1) is 0 Å². The second-order valence-electron chi connectivity index (χ2n) is 10.1. The number of ether oxygens (including phenoxy) is 1. The zero-order chi connectivity index (χ0) is 35.0. The maximum Gasteiger partial charge on any atom is 0.405 e. The normalized spacial score (nSPS) is 13.1. The van der Waals surface area contributed by atoms with Crippen LogP contribution in [-0.4, -0.2) is 58.7 Å². The van der Waals surface area contributed by atoms with Crippen molar-refractivity contribution in [1.29, 1.82) is 0 Å². The molecule has 0 unspecified atom stereocenters. The number of hydrogen-bond acceptors (Lipinski definition) is 10. The topological polar surface area (TPSA) is 157 Å². The Morgan fingerprint density at radius 1 is 1.07 bits per heavy atom. The zero-order valence-corrected chi connectivity index (χ0v) is 23.7. The molecule has 2 amide bonds. The second kappa shape index (κ2) is 11.9. The maximum absolute atomic E-state index is 13.7. The van der Waals surface area contributed by atoms with Crippen LogP contribution in [0, 0.1) is 5.82 Å². The molecule has 5 rings (SSSR count). The van der Waals surface area contributed by atoms with Gasteiger partial charge in [0.25, 0.3) is 11.8 Å². The van der Waals surface area contributed by atoms with E-state index in [4.69, 9.17) is 17.8 Å². The Labute approximate surface area is 256 Å². The number of pyridine rings is 2. The van der Waals surface area contributed by atoms with Crippen LogP contribution in [0.5, 0.6) is 5.88 Å². The predicted molar refractivity (Wildman–Crippen MR) is 152 cm³/mol. The smallest absolute Gasteiger partial charge is 0.405 e. The lowest BCUT2D eigenvalue weighted by atomic mass is 10.0. The lowest BCUT2D eigenvalue weighted by Crippen LogP contribution is -2.42. The van der Waals surface area contributed by atoms with Gasteiger partial charge in [0.15, 0.2) is 5.82 Å². The molecule has 4 aromatic heterocycles. The molecule has 0 fully saturated rings. The number of halogens is 4. The quantitative estimate of drug-likeness (QED) is 0.188. The van der Waals surface area contributed by atoms with Crippen LogP contribution < -0.4 is 20.7 Å². The number of rotatable bonds is 9. The van der Waals surface area contributed by atoms with Crippen LogP contribution in [-0.2, 0) is 5.54 Å². The standard InChI is InChI=1S/C29H25F4N7O5/c1-28(2,27-37-13-44-40-27)39-23(41)19-9-15(11-35-25(19)43-4)17-10-18-20(24(42)34-3)21(14-5-7-16(30)8-6-14)45-26(18)38-22(17)36-12-29(31,32)33/h5-11,13H,12H2,1-4H3,(H,34,42)(H,36,38)(H,39,41)/i4D3. The molecule has 16 heteroatoms. The van der Waals surface area contributed by atoms with E-state index in [0.717, 1.165) is 30.8 Å². The highest BCUT2D eigenvalue weighted by Crippen LogP contribution is 2.39. The van der Waals surface area contributed by atoms with Crippen molar-refractivity contribution >= 4 is 28.7 Å². The molecule has 5 aromatic rings. The first-order valence-electron chi connectivity index (χ1n) is 14.5. The average molecular weight is 631 g/mol. The second-order valence-corrected chi connectivity index (χ2v) is 10.1. The number of nitrogens with zero attached hydrogens (tertiary/aromatic N) is 4. The molecular weight excluding hydrogens is 602 g/mol. The zero-order valence-electron chi connectivity index (χ0n) is 26.7. The number of aromatic nitrogens is 4. The van der Waals surface area contributed by atoms with Crippen molar-refractivity contribution in [3.63, 3.8) is 0 Å². The van der Waals surface area contributed by atoms with E-state index < -0.39 is 54.4 Å². The van der Waals surface area contributed by atoms with Crippen LogP contribution >= 0.6 is 0 Å². The van der Waals surface area contributed by atoms with Crippen LogP contribution in [0.1, 0.15) is 44.5 Å². The molecule has 0 saturated carbocycles. The Bertz CT molecular complexity index is 1980. The molecule has 4 heterocycles. The molecule has 0 aliphatic carbocycles. The number of furan rings is 1. The number of hydrogen-bond donors (Lipinski definition) is 3. The summed E-state index contributed by atoms with van der Waals surface area (Å²) in [4.78, 5) is 38.9. The summed E-state index contributed by atoms with van der Waals surface area (Å²) in [5.74, 6) is -3.09. The van der Waals surface area contributed by atoms with E-state index in [1.807, 2.05) is 0 Å². The van der Waals surface area contributed by atoms with Crippen LogP contribution in [0.3, 0.4) is 0 Å². The molecule has 3 N–H and O–H groups in total. The van der Waals surface area contributed by atoms with Crippen molar-refractivity contribution in [2.45, 2.75) is 25.6 Å². The molecule has 0 aliphatic heterocycles. The van der Waals surface area contributed by atoms with E-state index in [1.165, 1.54) is 39.1 Å². The van der Waals surface area contributed by atoms with Gasteiger partial charge in [0.1, 0.15) is 29.5 Å². The minimum atomic E-state index is -4.69. The molecule has 45 heavy (non-hydrogen) atoms. The van der Waals surface area contributed by atoms with Gasteiger partial charge in [0.2, 0.25) is 18.0 Å². The summed E-state index contributed by atoms with van der Waals surface area (Å²) >= 11 is 0. The lowest BCUT2D eigenvalue weighted by Gasteiger charge is -2.23. The van der Waals surface area contributed by atoms with Crippen molar-refractivity contribution in [3.05, 3.63) is 71.8 Å². The van der Waals surface area contributed by atoms with Gasteiger partial charge < -0.3 is 29.6 Å². The number of amides is 2. The number of carbonyl (C=O) groups is 2. The van der Waals surface area contributed by atoms with E-state index >= 15 is 0 Å². The van der Waals surface area contributed by atoms with Gasteiger partial charge in [-0.1, -0.05) is 5.16 Å². The van der Waals surface area contributed by atoms with E-state index in [0.29, 0.717) is 0 Å². The molecule has 12 nitrogen and oxygen atoms in total. The highest BCUT2D eigenvalue weighted by Gasteiger charge is 2.31. The summed E-state index contributed by atoms with van der Waals surface area (Å²) in [6.07, 6.45) is -2.59. The first kappa shape index (κ1) is 27.0. The Morgan fingerprint density at radius 2 is 1.82 bits per heavy atom. The van der Waals surface area contributed by atoms with E-state index in [2.05, 4.69) is 36.1 Å². The third-order valence-electron chi connectivity index (χ3n) is 6.55. The Balaban J connectivity index is 1.71. The van der Waals surface area contributed by atoms with Gasteiger partial charge in [-0.2, -0.15) is 23.1 Å². The number of methoxy groups -OCH3 is 1. The van der Waals surface area contributed by atoms with E-state index in [1.54, 1.807) is 0 Å². The molecule has 0 bridgehead atoms. The minimum absolute atomic E-state index is 0.0260. The van der Waals surface area contributed by atoms with E-state index in [9.17, 15) is 27.2 Å². The Kier molecular flexibility index (Phi) is 7.13. The van der Waals surface area contributed by atoms with Gasteiger partial charge in [-0.3, -0.25) is 9.59 Å². The summed E-state index contributed by atoms with van der Waals surface area (Å²) in [5, 5.41) is 11.1.